The van der Waals surface area contributed by atoms with Gasteiger partial charge in [0, 0.05) is 4.90 Å². The maximum atomic E-state index is 10.3. The van der Waals surface area contributed by atoms with Gasteiger partial charge in [0.05, 0.1) is 5.75 Å². The third kappa shape index (κ3) is 1.85. The van der Waals surface area contributed by atoms with Crippen LogP contribution >= 0.6 is 11.8 Å². The molecule has 2 aromatic rings. The summed E-state index contributed by atoms with van der Waals surface area (Å²) in [5, 5.41) is 18.8. The van der Waals surface area contributed by atoms with Crippen molar-refractivity contribution in [1.29, 1.82) is 0 Å². The van der Waals surface area contributed by atoms with E-state index in [0.717, 1.165) is 15.9 Å². The van der Waals surface area contributed by atoms with E-state index in [9.17, 15) is 4.79 Å². The first-order chi connectivity index (χ1) is 6.75. The van der Waals surface area contributed by atoms with Gasteiger partial charge < -0.3 is 5.11 Å². The summed E-state index contributed by atoms with van der Waals surface area (Å²) in [6.45, 7) is 0. The Morgan fingerprint density at radius 3 is 3.00 bits per heavy atom. The van der Waals surface area contributed by atoms with Crippen LogP contribution in [-0.2, 0) is 4.79 Å². The van der Waals surface area contributed by atoms with Crippen LogP contribution in [-0.4, -0.2) is 32.2 Å². The molecule has 0 spiro atoms. The zero-order valence-electron chi connectivity index (χ0n) is 7.10. The lowest BCUT2D eigenvalue weighted by Gasteiger charge is -1.96. The highest BCUT2D eigenvalue weighted by Crippen LogP contribution is 2.20. The van der Waals surface area contributed by atoms with E-state index in [0.29, 0.717) is 0 Å². The summed E-state index contributed by atoms with van der Waals surface area (Å²) in [5.74, 6) is -0.765. The predicted octanol–water partition coefficient (Wildman–Crippen LogP) is 1.13. The molecule has 14 heavy (non-hydrogen) atoms. The number of nitrogens with zero attached hydrogens (tertiary/aromatic N) is 2. The van der Waals surface area contributed by atoms with Crippen LogP contribution in [0.25, 0.3) is 11.0 Å². The molecule has 5 nitrogen and oxygen atoms in total. The Balaban J connectivity index is 2.21. The van der Waals surface area contributed by atoms with Crippen LogP contribution in [0, 0.1) is 0 Å². The second-order valence-corrected chi connectivity index (χ2v) is 3.71. The number of hydrogen-bond donors (Lipinski definition) is 2. The highest BCUT2D eigenvalue weighted by Gasteiger charge is 2.02. The molecule has 0 fully saturated rings. The lowest BCUT2D eigenvalue weighted by molar-refractivity contribution is -0.133. The van der Waals surface area contributed by atoms with E-state index in [-0.39, 0.29) is 5.75 Å². The van der Waals surface area contributed by atoms with E-state index in [1.54, 1.807) is 0 Å². The lowest BCUT2D eigenvalue weighted by atomic mass is 10.3. The number of fused-ring (bicyclic) bond motifs is 1. The number of aromatic amines is 1. The van der Waals surface area contributed by atoms with Crippen molar-refractivity contribution in [2.75, 3.05) is 5.75 Å². The molecule has 0 saturated heterocycles. The summed E-state index contributed by atoms with van der Waals surface area (Å²) < 4.78 is 0. The first-order valence-corrected chi connectivity index (χ1v) is 4.89. The summed E-state index contributed by atoms with van der Waals surface area (Å²) >= 11 is 1.27. The fourth-order valence-corrected chi connectivity index (χ4v) is 1.70. The highest BCUT2D eigenvalue weighted by atomic mass is 32.2. The molecule has 1 aromatic heterocycles. The number of carboxylic acids is 1. The normalized spacial score (nSPS) is 10.6. The Morgan fingerprint density at radius 2 is 2.21 bits per heavy atom. The number of H-pyrrole nitrogens is 1. The second kappa shape index (κ2) is 3.67. The Labute approximate surface area is 83.5 Å². The van der Waals surface area contributed by atoms with Gasteiger partial charge in [0.1, 0.15) is 11.0 Å². The van der Waals surface area contributed by atoms with Gasteiger partial charge >= 0.3 is 5.97 Å². The summed E-state index contributed by atoms with van der Waals surface area (Å²) in [5.41, 5.74) is 1.53. The standard InChI is InChI=1S/C8H7N3O2S/c12-8(13)4-14-5-1-2-6-7(3-5)10-11-9-6/h1-3H,4H2,(H,12,13)(H,9,10,11). The average Bonchev–Trinajstić information content (AvgIpc) is 2.61. The molecular weight excluding hydrogens is 202 g/mol. The van der Waals surface area contributed by atoms with Gasteiger partial charge in [-0.25, -0.2) is 0 Å². The number of carboxylic acid groups (broad SMARTS) is 1. The van der Waals surface area contributed by atoms with Crippen molar-refractivity contribution in [1.82, 2.24) is 15.4 Å². The minimum absolute atomic E-state index is 0.0589. The first-order valence-electron chi connectivity index (χ1n) is 3.91. The molecule has 0 amide bonds. The van der Waals surface area contributed by atoms with Gasteiger partial charge in [0.2, 0.25) is 0 Å². The molecule has 0 saturated carbocycles. The Hall–Kier alpha value is -1.56. The van der Waals surface area contributed by atoms with Crippen molar-refractivity contribution < 1.29 is 9.90 Å². The second-order valence-electron chi connectivity index (χ2n) is 2.66. The quantitative estimate of drug-likeness (QED) is 0.741. The van der Waals surface area contributed by atoms with E-state index >= 15 is 0 Å². The Kier molecular flexibility index (Phi) is 2.36. The summed E-state index contributed by atoms with van der Waals surface area (Å²) in [6, 6.07) is 5.45. The fraction of sp³-hybridized carbons (Fsp3) is 0.125. The number of thioether (sulfide) groups is 1. The largest absolute Gasteiger partial charge is 0.481 e. The first kappa shape index (κ1) is 9.01. The molecule has 0 aliphatic carbocycles. The third-order valence-corrected chi connectivity index (χ3v) is 2.63. The van der Waals surface area contributed by atoms with Gasteiger partial charge in [-0.15, -0.1) is 11.8 Å². The number of carbonyl (C=O) groups is 1. The topological polar surface area (TPSA) is 78.9 Å². The van der Waals surface area contributed by atoms with Crippen molar-refractivity contribution in [3.05, 3.63) is 18.2 Å². The van der Waals surface area contributed by atoms with Crippen LogP contribution in [0.5, 0.6) is 0 Å². The molecule has 1 heterocycles. The fourth-order valence-electron chi connectivity index (χ4n) is 1.05. The third-order valence-electron chi connectivity index (χ3n) is 1.65. The van der Waals surface area contributed by atoms with Gasteiger partial charge in [-0.3, -0.25) is 4.79 Å². The van der Waals surface area contributed by atoms with Crippen molar-refractivity contribution in [2.45, 2.75) is 4.90 Å². The van der Waals surface area contributed by atoms with Crippen molar-refractivity contribution in [2.24, 2.45) is 0 Å². The summed E-state index contributed by atoms with van der Waals surface area (Å²) in [7, 11) is 0. The number of nitrogens with one attached hydrogen (secondary N) is 1. The molecule has 2 rings (SSSR count). The van der Waals surface area contributed by atoms with Crippen molar-refractivity contribution in [3.63, 3.8) is 0 Å². The lowest BCUT2D eigenvalue weighted by Crippen LogP contribution is -1.97. The highest BCUT2D eigenvalue weighted by molar-refractivity contribution is 8.00. The predicted molar refractivity (Wildman–Crippen MR) is 52.2 cm³/mol. The zero-order valence-corrected chi connectivity index (χ0v) is 7.91. The van der Waals surface area contributed by atoms with Crippen LogP contribution in [0.2, 0.25) is 0 Å². The van der Waals surface area contributed by atoms with Gasteiger partial charge in [0.25, 0.3) is 0 Å². The molecule has 0 atom stereocenters. The molecule has 2 N–H and O–H groups in total. The number of rotatable bonds is 3. The maximum absolute atomic E-state index is 10.3. The monoisotopic (exact) mass is 209 g/mol. The van der Waals surface area contributed by atoms with Gasteiger partial charge in [-0.05, 0) is 18.2 Å². The molecule has 0 aliphatic rings. The van der Waals surface area contributed by atoms with Crippen LogP contribution in [0.3, 0.4) is 0 Å². The van der Waals surface area contributed by atoms with Crippen molar-refractivity contribution >= 4 is 28.8 Å². The zero-order chi connectivity index (χ0) is 9.97. The average molecular weight is 209 g/mol. The molecular formula is C8H7N3O2S. The Morgan fingerprint density at radius 1 is 1.43 bits per heavy atom. The molecule has 0 unspecified atom stereocenters. The number of aliphatic carboxylic acids is 1. The molecule has 1 aromatic carbocycles. The maximum Gasteiger partial charge on any atom is 0.313 e. The molecule has 0 aliphatic heterocycles. The SMILES string of the molecule is O=C(O)CSc1ccc2n[nH]nc2c1. The molecule has 6 heteroatoms. The smallest absolute Gasteiger partial charge is 0.313 e. The number of hydrogen-bond acceptors (Lipinski definition) is 4. The van der Waals surface area contributed by atoms with Crippen LogP contribution < -0.4 is 0 Å². The van der Waals surface area contributed by atoms with E-state index in [4.69, 9.17) is 5.11 Å². The van der Waals surface area contributed by atoms with Crippen LogP contribution in [0.15, 0.2) is 23.1 Å². The van der Waals surface area contributed by atoms with E-state index in [2.05, 4.69) is 15.4 Å². The molecule has 0 bridgehead atoms. The molecule has 72 valence electrons. The van der Waals surface area contributed by atoms with Gasteiger partial charge in [-0.2, -0.15) is 15.4 Å². The van der Waals surface area contributed by atoms with Crippen LogP contribution in [0.1, 0.15) is 0 Å². The van der Waals surface area contributed by atoms with E-state index in [1.165, 1.54) is 11.8 Å². The summed E-state index contributed by atoms with van der Waals surface area (Å²) in [4.78, 5) is 11.2. The van der Waals surface area contributed by atoms with Crippen molar-refractivity contribution in [3.8, 4) is 0 Å². The number of aromatic nitrogens is 3. The molecule has 0 radical (unpaired) electrons. The number of benzene rings is 1. The van der Waals surface area contributed by atoms with Crippen LogP contribution in [0.4, 0.5) is 0 Å². The minimum atomic E-state index is -0.824. The minimum Gasteiger partial charge on any atom is -0.481 e. The van der Waals surface area contributed by atoms with E-state index in [1.807, 2.05) is 18.2 Å². The van der Waals surface area contributed by atoms with E-state index < -0.39 is 5.97 Å². The Bertz CT molecular complexity index is 468. The van der Waals surface area contributed by atoms with Gasteiger partial charge in [0.15, 0.2) is 0 Å². The van der Waals surface area contributed by atoms with Gasteiger partial charge in [-0.1, -0.05) is 0 Å². The summed E-state index contributed by atoms with van der Waals surface area (Å²) in [6.07, 6.45) is 0.